The third kappa shape index (κ3) is 2.83. The number of hydrogen-bond acceptors (Lipinski definition) is 5. The molecule has 7 nitrogen and oxygen atoms in total. The number of rotatable bonds is 4. The van der Waals surface area contributed by atoms with Crippen LogP contribution in [0.15, 0.2) is 18.3 Å². The SMILES string of the molecule is CN(c1cccnn1)C1CCN(C(=O)[C@@H]2[C@H](C(=O)O)C2(C)C)CC1. The fraction of sp³-hybridized carbons (Fsp3) is 0.647. The van der Waals surface area contributed by atoms with Gasteiger partial charge in [-0.3, -0.25) is 9.59 Å². The van der Waals surface area contributed by atoms with Crippen molar-refractivity contribution in [1.29, 1.82) is 0 Å². The molecule has 3 rings (SSSR count). The lowest BCUT2D eigenvalue weighted by Crippen LogP contribution is -2.46. The number of piperidine rings is 1. The van der Waals surface area contributed by atoms with Gasteiger partial charge in [0.15, 0.2) is 5.82 Å². The van der Waals surface area contributed by atoms with Crippen LogP contribution in [0.2, 0.25) is 0 Å². The molecule has 1 aliphatic carbocycles. The molecule has 130 valence electrons. The van der Waals surface area contributed by atoms with Crippen LogP contribution in [0.5, 0.6) is 0 Å². The maximum Gasteiger partial charge on any atom is 0.307 e. The molecule has 1 aromatic rings. The van der Waals surface area contributed by atoms with Gasteiger partial charge in [-0.1, -0.05) is 13.8 Å². The zero-order chi connectivity index (χ0) is 17.5. The zero-order valence-corrected chi connectivity index (χ0v) is 14.3. The van der Waals surface area contributed by atoms with Gasteiger partial charge in [-0.2, -0.15) is 5.10 Å². The fourth-order valence-electron chi connectivity index (χ4n) is 3.90. The Bertz CT molecular complexity index is 626. The van der Waals surface area contributed by atoms with Crippen LogP contribution >= 0.6 is 0 Å². The predicted octanol–water partition coefficient (Wildman–Crippen LogP) is 1.26. The van der Waals surface area contributed by atoms with Crippen LogP contribution in [0.3, 0.4) is 0 Å². The number of amides is 1. The summed E-state index contributed by atoms with van der Waals surface area (Å²) >= 11 is 0. The average Bonchev–Trinajstić information content (AvgIpc) is 3.17. The van der Waals surface area contributed by atoms with E-state index in [4.69, 9.17) is 0 Å². The van der Waals surface area contributed by atoms with E-state index in [-0.39, 0.29) is 11.8 Å². The van der Waals surface area contributed by atoms with E-state index >= 15 is 0 Å². The van der Waals surface area contributed by atoms with Crippen molar-refractivity contribution in [2.45, 2.75) is 32.7 Å². The summed E-state index contributed by atoms with van der Waals surface area (Å²) in [6.07, 6.45) is 3.35. The first-order valence-corrected chi connectivity index (χ1v) is 8.36. The number of carbonyl (C=O) groups is 2. The molecule has 7 heteroatoms. The van der Waals surface area contributed by atoms with Crippen LogP contribution in [0.25, 0.3) is 0 Å². The molecule has 2 atom stereocenters. The van der Waals surface area contributed by atoms with E-state index in [1.807, 2.05) is 37.9 Å². The van der Waals surface area contributed by atoms with Crippen molar-refractivity contribution in [1.82, 2.24) is 15.1 Å². The lowest BCUT2D eigenvalue weighted by Gasteiger charge is -2.37. The molecule has 1 saturated heterocycles. The molecule has 2 aliphatic rings. The van der Waals surface area contributed by atoms with Gasteiger partial charge in [0, 0.05) is 32.4 Å². The van der Waals surface area contributed by atoms with Gasteiger partial charge in [-0.15, -0.1) is 5.10 Å². The summed E-state index contributed by atoms with van der Waals surface area (Å²) in [4.78, 5) is 27.9. The van der Waals surface area contributed by atoms with Crippen LogP contribution in [-0.4, -0.2) is 58.3 Å². The number of carboxylic acids is 1. The van der Waals surface area contributed by atoms with E-state index in [2.05, 4.69) is 15.1 Å². The highest BCUT2D eigenvalue weighted by atomic mass is 16.4. The summed E-state index contributed by atoms with van der Waals surface area (Å²) in [6, 6.07) is 4.10. The average molecular weight is 332 g/mol. The molecule has 1 aliphatic heterocycles. The van der Waals surface area contributed by atoms with Crippen LogP contribution in [0, 0.1) is 17.3 Å². The summed E-state index contributed by atoms with van der Waals surface area (Å²) in [5.74, 6) is -0.977. The number of aromatic nitrogens is 2. The molecule has 1 N–H and O–H groups in total. The minimum atomic E-state index is -0.865. The van der Waals surface area contributed by atoms with Crippen molar-refractivity contribution < 1.29 is 14.7 Å². The normalized spacial score (nSPS) is 26.0. The highest BCUT2D eigenvalue weighted by Crippen LogP contribution is 2.59. The second-order valence-corrected chi connectivity index (χ2v) is 7.36. The van der Waals surface area contributed by atoms with E-state index in [0.29, 0.717) is 19.1 Å². The molecule has 0 aromatic carbocycles. The predicted molar refractivity (Wildman–Crippen MR) is 88.4 cm³/mol. The Labute approximate surface area is 141 Å². The molecular formula is C17H24N4O3. The fourth-order valence-corrected chi connectivity index (χ4v) is 3.90. The molecule has 0 unspecified atom stereocenters. The summed E-state index contributed by atoms with van der Waals surface area (Å²) in [6.45, 7) is 5.05. The summed E-state index contributed by atoms with van der Waals surface area (Å²) in [5.41, 5.74) is -0.434. The molecule has 0 spiro atoms. The minimum absolute atomic E-state index is 0.00648. The van der Waals surface area contributed by atoms with Gasteiger partial charge in [0.25, 0.3) is 0 Å². The standard InChI is InChI=1S/C17H24N4O3/c1-17(2)13(14(17)16(23)24)15(22)21-9-6-11(7-10-21)20(3)12-5-4-8-18-19-12/h4-5,8,11,13-14H,6-7,9-10H2,1-3H3,(H,23,24)/t13-,14+/m0/s1. The Balaban J connectivity index is 1.58. The lowest BCUT2D eigenvalue weighted by atomic mass is 10.0. The highest BCUT2D eigenvalue weighted by Gasteiger charge is 2.66. The van der Waals surface area contributed by atoms with Crippen LogP contribution in [-0.2, 0) is 9.59 Å². The van der Waals surface area contributed by atoms with Crippen LogP contribution in [0.4, 0.5) is 5.82 Å². The Morgan fingerprint density at radius 2 is 1.96 bits per heavy atom. The number of nitrogens with zero attached hydrogens (tertiary/aromatic N) is 4. The third-order valence-electron chi connectivity index (χ3n) is 5.60. The van der Waals surface area contributed by atoms with E-state index < -0.39 is 17.3 Å². The molecular weight excluding hydrogens is 308 g/mol. The maximum atomic E-state index is 12.7. The zero-order valence-electron chi connectivity index (χ0n) is 14.3. The second kappa shape index (κ2) is 6.03. The van der Waals surface area contributed by atoms with Crippen molar-refractivity contribution in [3.05, 3.63) is 18.3 Å². The molecule has 2 fully saturated rings. The number of anilines is 1. The topological polar surface area (TPSA) is 86.6 Å². The third-order valence-corrected chi connectivity index (χ3v) is 5.60. The summed E-state index contributed by atoms with van der Waals surface area (Å²) in [7, 11) is 2.00. The van der Waals surface area contributed by atoms with Gasteiger partial charge in [-0.05, 0) is 30.4 Å². The molecule has 2 heterocycles. The second-order valence-electron chi connectivity index (χ2n) is 7.36. The van der Waals surface area contributed by atoms with Gasteiger partial charge < -0.3 is 14.9 Å². The van der Waals surface area contributed by atoms with E-state index in [1.54, 1.807) is 6.20 Å². The Hall–Kier alpha value is -2.18. The van der Waals surface area contributed by atoms with Crippen molar-refractivity contribution in [3.63, 3.8) is 0 Å². The molecule has 1 aromatic heterocycles. The summed E-state index contributed by atoms with van der Waals surface area (Å²) < 4.78 is 0. The monoisotopic (exact) mass is 332 g/mol. The molecule has 0 radical (unpaired) electrons. The number of carbonyl (C=O) groups excluding carboxylic acids is 1. The van der Waals surface area contributed by atoms with Gasteiger partial charge in [0.05, 0.1) is 11.8 Å². The van der Waals surface area contributed by atoms with Gasteiger partial charge in [-0.25, -0.2) is 0 Å². The molecule has 1 amide bonds. The van der Waals surface area contributed by atoms with E-state index in [1.165, 1.54) is 0 Å². The van der Waals surface area contributed by atoms with Crippen molar-refractivity contribution in [2.75, 3.05) is 25.0 Å². The van der Waals surface area contributed by atoms with E-state index in [9.17, 15) is 14.7 Å². The highest BCUT2D eigenvalue weighted by molar-refractivity contribution is 5.91. The van der Waals surface area contributed by atoms with Crippen molar-refractivity contribution in [2.24, 2.45) is 17.3 Å². The molecule has 0 bridgehead atoms. The Morgan fingerprint density at radius 1 is 1.29 bits per heavy atom. The number of hydrogen-bond donors (Lipinski definition) is 1. The quantitative estimate of drug-likeness (QED) is 0.893. The van der Waals surface area contributed by atoms with Crippen LogP contribution in [0.1, 0.15) is 26.7 Å². The van der Waals surface area contributed by atoms with Gasteiger partial charge in [0.2, 0.25) is 5.91 Å². The number of carboxylic acid groups (broad SMARTS) is 1. The van der Waals surface area contributed by atoms with E-state index in [0.717, 1.165) is 18.7 Å². The smallest absolute Gasteiger partial charge is 0.307 e. The first kappa shape index (κ1) is 16.7. The minimum Gasteiger partial charge on any atom is -0.481 e. The lowest BCUT2D eigenvalue weighted by molar-refractivity contribution is -0.142. The van der Waals surface area contributed by atoms with Gasteiger partial charge in [0.1, 0.15) is 0 Å². The Kier molecular flexibility index (Phi) is 4.19. The first-order valence-electron chi connectivity index (χ1n) is 8.36. The first-order chi connectivity index (χ1) is 11.3. The van der Waals surface area contributed by atoms with Crippen LogP contribution < -0.4 is 4.90 Å². The largest absolute Gasteiger partial charge is 0.481 e. The van der Waals surface area contributed by atoms with Crippen molar-refractivity contribution in [3.8, 4) is 0 Å². The maximum absolute atomic E-state index is 12.7. The number of likely N-dealkylation sites (tertiary alicyclic amines) is 1. The summed E-state index contributed by atoms with van der Waals surface area (Å²) in [5, 5.41) is 17.3. The molecule has 1 saturated carbocycles. The van der Waals surface area contributed by atoms with Gasteiger partial charge >= 0.3 is 5.97 Å². The number of aliphatic carboxylic acids is 1. The molecule has 24 heavy (non-hydrogen) atoms. The Morgan fingerprint density at radius 3 is 2.46 bits per heavy atom. The van der Waals surface area contributed by atoms with Crippen molar-refractivity contribution >= 4 is 17.7 Å².